The van der Waals surface area contributed by atoms with Crippen molar-refractivity contribution < 1.29 is 23.8 Å². The number of halogens is 1. The quantitative estimate of drug-likeness (QED) is 0.143. The van der Waals surface area contributed by atoms with Gasteiger partial charge in [-0.2, -0.15) is 0 Å². The molecule has 1 unspecified atom stereocenters. The van der Waals surface area contributed by atoms with Crippen LogP contribution in [0, 0.1) is 5.82 Å². The van der Waals surface area contributed by atoms with Crippen molar-refractivity contribution in [2.24, 2.45) is 4.99 Å². The number of aromatic amines is 1. The Labute approximate surface area is 231 Å². The van der Waals surface area contributed by atoms with Gasteiger partial charge in [-0.25, -0.2) is 9.18 Å². The number of benzene rings is 4. The lowest BCUT2D eigenvalue weighted by atomic mass is 10.0. The average molecular weight is 537 g/mol. The molecule has 1 heterocycles. The number of carbonyl (C=O) groups excluding carboxylic acids is 1. The van der Waals surface area contributed by atoms with Crippen LogP contribution in [-0.2, 0) is 17.6 Å². The van der Waals surface area contributed by atoms with E-state index in [1.807, 2.05) is 36.4 Å². The molecule has 1 atom stereocenters. The molecular formula is C33H29FN2O4. The molecule has 6 nitrogen and oxygen atoms in total. The Kier molecular flexibility index (Phi) is 8.01. The van der Waals surface area contributed by atoms with Crippen molar-refractivity contribution in [2.75, 3.05) is 6.61 Å². The first-order chi connectivity index (χ1) is 19.4. The number of hydrogen-bond donors (Lipinski definition) is 2. The van der Waals surface area contributed by atoms with E-state index in [4.69, 9.17) is 4.74 Å². The number of aromatic nitrogens is 1. The number of carboxylic acid groups (broad SMARTS) is 1. The number of para-hydroxylation sites is 1. The van der Waals surface area contributed by atoms with E-state index in [1.165, 1.54) is 40.6 Å². The SMILES string of the molecule is CC(CC(=O)c1ccc(F)cc1)=NC(Cc1ccc(OCCc2ccc3c(c2)[nH]c2ccccc23)cc1)C(=O)O. The normalized spacial score (nSPS) is 12.5. The molecule has 0 bridgehead atoms. The first kappa shape index (κ1) is 26.8. The molecule has 0 saturated carbocycles. The number of Topliss-reactive ketones (excluding diaryl/α,β-unsaturated/α-hetero) is 1. The largest absolute Gasteiger partial charge is 0.493 e. The van der Waals surface area contributed by atoms with Crippen LogP contribution < -0.4 is 4.74 Å². The monoisotopic (exact) mass is 536 g/mol. The topological polar surface area (TPSA) is 91.8 Å². The molecule has 7 heteroatoms. The number of nitrogens with zero attached hydrogens (tertiary/aromatic N) is 1. The van der Waals surface area contributed by atoms with Crippen LogP contribution in [0.5, 0.6) is 5.75 Å². The van der Waals surface area contributed by atoms with Gasteiger partial charge in [0.25, 0.3) is 0 Å². The second kappa shape index (κ2) is 11.9. The van der Waals surface area contributed by atoms with Crippen molar-refractivity contribution in [1.29, 1.82) is 0 Å². The zero-order valence-corrected chi connectivity index (χ0v) is 22.1. The van der Waals surface area contributed by atoms with Crippen molar-refractivity contribution in [2.45, 2.75) is 32.2 Å². The number of aliphatic imine (C=N–C) groups is 1. The van der Waals surface area contributed by atoms with Crippen LogP contribution in [0.2, 0.25) is 0 Å². The van der Waals surface area contributed by atoms with Crippen LogP contribution in [0.1, 0.15) is 34.8 Å². The molecule has 0 aliphatic heterocycles. The Hall–Kier alpha value is -4.78. The zero-order chi connectivity index (χ0) is 28.1. The first-order valence-corrected chi connectivity index (χ1v) is 13.1. The summed E-state index contributed by atoms with van der Waals surface area (Å²) in [7, 11) is 0. The molecule has 4 aromatic carbocycles. The smallest absolute Gasteiger partial charge is 0.328 e. The minimum absolute atomic E-state index is 0.0323. The molecule has 0 aliphatic rings. The Balaban J connectivity index is 1.15. The van der Waals surface area contributed by atoms with Gasteiger partial charge in [-0.1, -0.05) is 42.5 Å². The second-order valence-electron chi connectivity index (χ2n) is 9.82. The summed E-state index contributed by atoms with van der Waals surface area (Å²) in [6.07, 6.45) is 0.899. The minimum atomic E-state index is -1.07. The molecule has 0 aliphatic carbocycles. The molecule has 0 radical (unpaired) electrons. The van der Waals surface area contributed by atoms with Gasteiger partial charge in [-0.15, -0.1) is 0 Å². The van der Waals surface area contributed by atoms with Crippen LogP contribution >= 0.6 is 0 Å². The van der Waals surface area contributed by atoms with E-state index in [2.05, 4.69) is 40.3 Å². The van der Waals surface area contributed by atoms with Gasteiger partial charge in [-0.3, -0.25) is 9.79 Å². The number of fused-ring (bicyclic) bond motifs is 3. The number of ketones is 1. The van der Waals surface area contributed by atoms with Gasteiger partial charge in [0.15, 0.2) is 11.8 Å². The van der Waals surface area contributed by atoms with Gasteiger partial charge < -0.3 is 14.8 Å². The zero-order valence-electron chi connectivity index (χ0n) is 22.1. The molecular weight excluding hydrogens is 507 g/mol. The lowest BCUT2D eigenvalue weighted by Crippen LogP contribution is -2.22. The Morgan fingerprint density at radius 3 is 2.35 bits per heavy atom. The second-order valence-corrected chi connectivity index (χ2v) is 9.82. The van der Waals surface area contributed by atoms with Gasteiger partial charge in [0, 0.05) is 52.3 Å². The number of hydrogen-bond acceptors (Lipinski definition) is 4. The van der Waals surface area contributed by atoms with Gasteiger partial charge >= 0.3 is 5.97 Å². The number of ether oxygens (including phenoxy) is 1. The van der Waals surface area contributed by atoms with Crippen molar-refractivity contribution in [3.8, 4) is 5.75 Å². The molecule has 0 amide bonds. The summed E-state index contributed by atoms with van der Waals surface area (Å²) in [5.74, 6) is -1.03. The maximum Gasteiger partial charge on any atom is 0.328 e. The summed E-state index contributed by atoms with van der Waals surface area (Å²) >= 11 is 0. The van der Waals surface area contributed by atoms with Crippen LogP contribution in [-0.4, -0.2) is 40.2 Å². The van der Waals surface area contributed by atoms with E-state index in [0.29, 0.717) is 23.6 Å². The van der Waals surface area contributed by atoms with Gasteiger partial charge in [0.2, 0.25) is 0 Å². The molecule has 5 aromatic rings. The number of H-pyrrole nitrogens is 1. The minimum Gasteiger partial charge on any atom is -0.493 e. The molecule has 40 heavy (non-hydrogen) atoms. The molecule has 202 valence electrons. The molecule has 0 spiro atoms. The van der Waals surface area contributed by atoms with Gasteiger partial charge in [0.05, 0.1) is 6.61 Å². The summed E-state index contributed by atoms with van der Waals surface area (Å²) in [6.45, 7) is 2.14. The number of carbonyl (C=O) groups is 2. The predicted molar refractivity (Wildman–Crippen MR) is 155 cm³/mol. The van der Waals surface area contributed by atoms with E-state index in [1.54, 1.807) is 6.92 Å². The van der Waals surface area contributed by atoms with Crippen molar-refractivity contribution in [1.82, 2.24) is 4.98 Å². The molecule has 5 rings (SSSR count). The van der Waals surface area contributed by atoms with E-state index in [0.717, 1.165) is 23.0 Å². The molecule has 0 saturated heterocycles. The summed E-state index contributed by atoms with van der Waals surface area (Å²) in [5.41, 5.74) is 4.96. The van der Waals surface area contributed by atoms with Gasteiger partial charge in [-0.05, 0) is 66.6 Å². The Morgan fingerprint density at radius 2 is 1.60 bits per heavy atom. The van der Waals surface area contributed by atoms with Gasteiger partial charge in [0.1, 0.15) is 11.6 Å². The third-order valence-corrected chi connectivity index (χ3v) is 6.83. The third-order valence-electron chi connectivity index (χ3n) is 6.83. The van der Waals surface area contributed by atoms with Crippen LogP contribution in [0.15, 0.2) is 96.0 Å². The summed E-state index contributed by atoms with van der Waals surface area (Å²) in [4.78, 5) is 32.0. The average Bonchev–Trinajstić information content (AvgIpc) is 3.31. The highest BCUT2D eigenvalue weighted by molar-refractivity contribution is 6.09. The maximum atomic E-state index is 13.1. The Morgan fingerprint density at radius 1 is 0.900 bits per heavy atom. The maximum absolute atomic E-state index is 13.1. The number of carboxylic acids is 1. The summed E-state index contributed by atoms with van der Waals surface area (Å²) < 4.78 is 19.0. The van der Waals surface area contributed by atoms with Crippen LogP contribution in [0.3, 0.4) is 0 Å². The van der Waals surface area contributed by atoms with Crippen molar-refractivity contribution in [3.63, 3.8) is 0 Å². The lowest BCUT2D eigenvalue weighted by Gasteiger charge is -2.11. The van der Waals surface area contributed by atoms with Crippen molar-refractivity contribution >= 4 is 39.3 Å². The van der Waals surface area contributed by atoms with E-state index >= 15 is 0 Å². The number of aliphatic carboxylic acids is 1. The Bertz CT molecular complexity index is 1690. The lowest BCUT2D eigenvalue weighted by molar-refractivity contribution is -0.138. The van der Waals surface area contributed by atoms with Crippen LogP contribution in [0.4, 0.5) is 4.39 Å². The van der Waals surface area contributed by atoms with E-state index < -0.39 is 17.8 Å². The molecule has 2 N–H and O–H groups in total. The highest BCUT2D eigenvalue weighted by atomic mass is 19.1. The fourth-order valence-corrected chi connectivity index (χ4v) is 4.76. The first-order valence-electron chi connectivity index (χ1n) is 13.1. The number of rotatable bonds is 11. The van der Waals surface area contributed by atoms with E-state index in [9.17, 15) is 19.1 Å². The predicted octanol–water partition coefficient (Wildman–Crippen LogP) is 6.81. The van der Waals surface area contributed by atoms with E-state index in [-0.39, 0.29) is 18.6 Å². The number of nitrogens with one attached hydrogen (secondary N) is 1. The fraction of sp³-hybridized carbons (Fsp3) is 0.182. The third kappa shape index (κ3) is 6.43. The molecule has 1 aromatic heterocycles. The van der Waals surface area contributed by atoms with Crippen LogP contribution in [0.25, 0.3) is 21.8 Å². The summed E-state index contributed by atoms with van der Waals surface area (Å²) in [6, 6.07) is 26.2. The van der Waals surface area contributed by atoms with Crippen molar-refractivity contribution in [3.05, 3.63) is 114 Å². The highest BCUT2D eigenvalue weighted by Gasteiger charge is 2.18. The standard InChI is InChI=1S/C33H29FN2O4/c1-21(18-32(37)24-9-11-25(34)12-10-24)35-31(33(38)39)20-22-6-13-26(14-7-22)40-17-16-23-8-15-28-27-4-2-3-5-29(27)36-30(28)19-23/h2-15,19,31,36H,16-18,20H2,1H3,(H,38,39). The highest BCUT2D eigenvalue weighted by Crippen LogP contribution is 2.26. The summed E-state index contributed by atoms with van der Waals surface area (Å²) in [5, 5.41) is 12.1. The molecule has 0 fully saturated rings. The fourth-order valence-electron chi connectivity index (χ4n) is 4.76.